The number of fused-ring (bicyclic) bond motifs is 1. The molecule has 3 aromatic rings. The van der Waals surface area contributed by atoms with Crippen LogP contribution in [0.1, 0.15) is 18.3 Å². The summed E-state index contributed by atoms with van der Waals surface area (Å²) < 4.78 is 10.6. The minimum atomic E-state index is -0.289. The number of carbonyl (C=O) groups excluding carboxylic acids is 1. The first kappa shape index (κ1) is 22.5. The van der Waals surface area contributed by atoms with Crippen LogP contribution in [0, 0.1) is 0 Å². The van der Waals surface area contributed by atoms with Crippen molar-refractivity contribution in [2.75, 3.05) is 33.4 Å². The Morgan fingerprint density at radius 1 is 1.16 bits per heavy atom. The molecule has 1 saturated heterocycles. The number of thioether (sulfide) groups is 1. The molecule has 0 unspecified atom stereocenters. The van der Waals surface area contributed by atoms with E-state index in [4.69, 9.17) is 19.4 Å². The quantitative estimate of drug-likeness (QED) is 0.415. The normalized spacial score (nSPS) is 15.4. The van der Waals surface area contributed by atoms with Gasteiger partial charge in [0.25, 0.3) is 0 Å². The zero-order valence-corrected chi connectivity index (χ0v) is 19.2. The first-order valence-corrected chi connectivity index (χ1v) is 11.6. The topological polar surface area (TPSA) is 76.6 Å². The largest absolute Gasteiger partial charge is 0.497 e. The molecule has 1 atom stereocenters. The minimum absolute atomic E-state index is 0.0248. The third-order valence-corrected chi connectivity index (χ3v) is 6.47. The van der Waals surface area contributed by atoms with Crippen LogP contribution in [0.4, 0.5) is 0 Å². The highest BCUT2D eigenvalue weighted by Gasteiger charge is 2.19. The number of amides is 1. The Kier molecular flexibility index (Phi) is 7.57. The molecule has 2 aromatic carbocycles. The fourth-order valence-corrected chi connectivity index (χ4v) is 4.49. The first-order valence-electron chi connectivity index (χ1n) is 10.8. The van der Waals surface area contributed by atoms with Gasteiger partial charge in [0.2, 0.25) is 5.91 Å². The molecule has 2 heterocycles. The monoisotopic (exact) mass is 452 g/mol. The Hall–Kier alpha value is -2.68. The maximum atomic E-state index is 12.8. The van der Waals surface area contributed by atoms with Gasteiger partial charge in [-0.2, -0.15) is 0 Å². The van der Waals surface area contributed by atoms with Crippen LogP contribution in [0.3, 0.4) is 0 Å². The SMILES string of the molecule is COc1ccc(CNC(=O)[C@@H](C)Sc2nc(CN3CCOCC3)nc3ccccc23)cc1. The molecule has 8 heteroatoms. The summed E-state index contributed by atoms with van der Waals surface area (Å²) in [6, 6.07) is 15.7. The third-order valence-electron chi connectivity index (χ3n) is 5.37. The molecular weight excluding hydrogens is 424 g/mol. The Morgan fingerprint density at radius 3 is 2.66 bits per heavy atom. The summed E-state index contributed by atoms with van der Waals surface area (Å²) in [5.74, 6) is 1.55. The summed E-state index contributed by atoms with van der Waals surface area (Å²) >= 11 is 1.47. The number of hydrogen-bond donors (Lipinski definition) is 1. The van der Waals surface area contributed by atoms with Crippen molar-refractivity contribution in [3.8, 4) is 5.75 Å². The molecule has 0 spiro atoms. The number of ether oxygens (including phenoxy) is 2. The number of methoxy groups -OCH3 is 1. The van der Waals surface area contributed by atoms with Crippen molar-refractivity contribution >= 4 is 28.6 Å². The molecule has 1 N–H and O–H groups in total. The van der Waals surface area contributed by atoms with Gasteiger partial charge in [-0.15, -0.1) is 0 Å². The number of nitrogens with zero attached hydrogens (tertiary/aromatic N) is 3. The molecule has 1 amide bonds. The fraction of sp³-hybridized carbons (Fsp3) is 0.375. The lowest BCUT2D eigenvalue weighted by Crippen LogP contribution is -2.36. The molecule has 32 heavy (non-hydrogen) atoms. The van der Waals surface area contributed by atoms with Crippen molar-refractivity contribution < 1.29 is 14.3 Å². The highest BCUT2D eigenvalue weighted by atomic mass is 32.2. The van der Waals surface area contributed by atoms with Crippen molar-refractivity contribution in [3.05, 3.63) is 59.9 Å². The summed E-state index contributed by atoms with van der Waals surface area (Å²) in [6.45, 7) is 6.29. The summed E-state index contributed by atoms with van der Waals surface area (Å²) in [4.78, 5) is 24.6. The summed E-state index contributed by atoms with van der Waals surface area (Å²) in [6.07, 6.45) is 0. The van der Waals surface area contributed by atoms with Gasteiger partial charge in [-0.3, -0.25) is 9.69 Å². The second kappa shape index (κ2) is 10.8. The van der Waals surface area contributed by atoms with Gasteiger partial charge < -0.3 is 14.8 Å². The van der Waals surface area contributed by atoms with E-state index in [2.05, 4.69) is 10.2 Å². The van der Waals surface area contributed by atoms with Crippen molar-refractivity contribution in [3.63, 3.8) is 0 Å². The van der Waals surface area contributed by atoms with E-state index >= 15 is 0 Å². The number of carbonyl (C=O) groups is 1. The number of para-hydroxylation sites is 1. The number of morpholine rings is 1. The average Bonchev–Trinajstić information content (AvgIpc) is 2.83. The molecular formula is C24H28N4O3S. The molecule has 0 radical (unpaired) electrons. The smallest absolute Gasteiger partial charge is 0.233 e. The lowest BCUT2D eigenvalue weighted by molar-refractivity contribution is -0.120. The molecule has 1 aliphatic rings. The van der Waals surface area contributed by atoms with E-state index in [1.165, 1.54) is 11.8 Å². The molecule has 0 saturated carbocycles. The van der Waals surface area contributed by atoms with Crippen LogP contribution >= 0.6 is 11.8 Å². The molecule has 1 aliphatic heterocycles. The number of benzene rings is 2. The molecule has 7 nitrogen and oxygen atoms in total. The number of aromatic nitrogens is 2. The van der Waals surface area contributed by atoms with Crippen LogP contribution in [0.5, 0.6) is 5.75 Å². The van der Waals surface area contributed by atoms with E-state index in [1.807, 2.05) is 55.5 Å². The van der Waals surface area contributed by atoms with E-state index in [1.54, 1.807) is 7.11 Å². The van der Waals surface area contributed by atoms with Crippen LogP contribution < -0.4 is 10.1 Å². The predicted molar refractivity (Wildman–Crippen MR) is 126 cm³/mol. The average molecular weight is 453 g/mol. The number of rotatable bonds is 8. The highest BCUT2D eigenvalue weighted by Crippen LogP contribution is 2.29. The molecule has 1 fully saturated rings. The Morgan fingerprint density at radius 2 is 1.91 bits per heavy atom. The molecule has 0 bridgehead atoms. The highest BCUT2D eigenvalue weighted by molar-refractivity contribution is 8.00. The zero-order valence-electron chi connectivity index (χ0n) is 18.4. The van der Waals surface area contributed by atoms with Gasteiger partial charge in [0.15, 0.2) is 0 Å². The molecule has 168 valence electrons. The van der Waals surface area contributed by atoms with Crippen LogP contribution in [-0.4, -0.2) is 59.4 Å². The summed E-state index contributed by atoms with van der Waals surface area (Å²) in [5.41, 5.74) is 1.93. The second-order valence-electron chi connectivity index (χ2n) is 7.68. The molecule has 4 rings (SSSR count). The Bertz CT molecular complexity index is 1050. The van der Waals surface area contributed by atoms with Crippen LogP contribution in [-0.2, 0) is 22.6 Å². The van der Waals surface area contributed by atoms with E-state index in [0.29, 0.717) is 13.1 Å². The molecule has 1 aromatic heterocycles. The van der Waals surface area contributed by atoms with Crippen molar-refractivity contribution in [2.45, 2.75) is 30.3 Å². The Balaban J connectivity index is 1.44. The van der Waals surface area contributed by atoms with Crippen molar-refractivity contribution in [1.29, 1.82) is 0 Å². The van der Waals surface area contributed by atoms with Crippen LogP contribution in [0.25, 0.3) is 10.9 Å². The third kappa shape index (κ3) is 5.76. The summed E-state index contributed by atoms with van der Waals surface area (Å²) in [7, 11) is 1.64. The maximum absolute atomic E-state index is 12.8. The van der Waals surface area contributed by atoms with Crippen LogP contribution in [0.2, 0.25) is 0 Å². The van der Waals surface area contributed by atoms with E-state index in [0.717, 1.165) is 59.4 Å². The zero-order chi connectivity index (χ0) is 22.3. The Labute approximate surface area is 192 Å². The van der Waals surface area contributed by atoms with Crippen molar-refractivity contribution in [1.82, 2.24) is 20.2 Å². The second-order valence-corrected chi connectivity index (χ2v) is 9.01. The fourth-order valence-electron chi connectivity index (χ4n) is 3.51. The van der Waals surface area contributed by atoms with Crippen molar-refractivity contribution in [2.24, 2.45) is 0 Å². The number of nitrogens with one attached hydrogen (secondary N) is 1. The van der Waals surface area contributed by atoms with Gasteiger partial charge in [0, 0.05) is 25.0 Å². The minimum Gasteiger partial charge on any atom is -0.497 e. The van der Waals surface area contributed by atoms with E-state index in [9.17, 15) is 4.79 Å². The standard InChI is InChI=1S/C24H28N4O3S/c1-17(23(29)25-15-18-7-9-19(30-2)10-8-18)32-24-20-5-3-4-6-21(20)26-22(27-24)16-28-11-13-31-14-12-28/h3-10,17H,11-16H2,1-2H3,(H,25,29)/t17-/m1/s1. The number of hydrogen-bond acceptors (Lipinski definition) is 7. The lowest BCUT2D eigenvalue weighted by Gasteiger charge is -2.26. The van der Waals surface area contributed by atoms with Gasteiger partial charge in [0.1, 0.15) is 16.6 Å². The predicted octanol–water partition coefficient (Wildman–Crippen LogP) is 3.27. The van der Waals surface area contributed by atoms with Gasteiger partial charge in [-0.25, -0.2) is 9.97 Å². The van der Waals surface area contributed by atoms with Gasteiger partial charge in [0.05, 0.1) is 37.6 Å². The first-order chi connectivity index (χ1) is 15.6. The summed E-state index contributed by atoms with van der Waals surface area (Å²) in [5, 5.41) is 4.54. The van der Waals surface area contributed by atoms with Gasteiger partial charge in [-0.05, 0) is 30.7 Å². The van der Waals surface area contributed by atoms with Gasteiger partial charge >= 0.3 is 0 Å². The van der Waals surface area contributed by atoms with Crippen LogP contribution in [0.15, 0.2) is 53.6 Å². The molecule has 0 aliphatic carbocycles. The maximum Gasteiger partial charge on any atom is 0.233 e. The van der Waals surface area contributed by atoms with Gasteiger partial charge in [-0.1, -0.05) is 42.1 Å². The van der Waals surface area contributed by atoms with E-state index < -0.39 is 0 Å². The van der Waals surface area contributed by atoms with E-state index in [-0.39, 0.29) is 11.2 Å². The lowest BCUT2D eigenvalue weighted by atomic mass is 10.2.